The van der Waals surface area contributed by atoms with Crippen molar-refractivity contribution in [2.75, 3.05) is 19.8 Å². The van der Waals surface area contributed by atoms with E-state index in [4.69, 9.17) is 9.47 Å². The molecule has 0 aromatic heterocycles. The first-order chi connectivity index (χ1) is 10.1. The van der Waals surface area contributed by atoms with E-state index in [1.807, 2.05) is 37.3 Å². The van der Waals surface area contributed by atoms with Crippen LogP contribution in [-0.2, 0) is 25.9 Å². The first-order valence-corrected chi connectivity index (χ1v) is 8.97. The van der Waals surface area contributed by atoms with Crippen molar-refractivity contribution in [2.45, 2.75) is 42.3 Å². The summed E-state index contributed by atoms with van der Waals surface area (Å²) in [7, 11) is -3.21. The summed E-state index contributed by atoms with van der Waals surface area (Å²) >= 11 is 0. The molecule has 21 heavy (non-hydrogen) atoms. The number of rotatable bonds is 7. The van der Waals surface area contributed by atoms with E-state index in [9.17, 15) is 8.42 Å². The van der Waals surface area contributed by atoms with Crippen molar-refractivity contribution in [1.29, 1.82) is 0 Å². The third-order valence-electron chi connectivity index (χ3n) is 4.80. The smallest absolute Gasteiger partial charge is 0.168 e. The molecule has 1 aliphatic carbocycles. The summed E-state index contributed by atoms with van der Waals surface area (Å²) < 4.78 is 35.4. The summed E-state index contributed by atoms with van der Waals surface area (Å²) in [6.07, 6.45) is 2.05. The number of hydrogen-bond acceptors (Lipinski definition) is 4. The van der Waals surface area contributed by atoms with Crippen LogP contribution < -0.4 is 0 Å². The maximum atomic E-state index is 12.9. The molecule has 1 aromatic carbocycles. The Kier molecular flexibility index (Phi) is 3.84. The van der Waals surface area contributed by atoms with Gasteiger partial charge in [0.2, 0.25) is 0 Å². The van der Waals surface area contributed by atoms with Crippen LogP contribution in [0.4, 0.5) is 0 Å². The Labute approximate surface area is 126 Å². The molecular weight excluding hydrogens is 288 g/mol. The Hall–Kier alpha value is -0.910. The number of sulfone groups is 1. The van der Waals surface area contributed by atoms with E-state index >= 15 is 0 Å². The van der Waals surface area contributed by atoms with Gasteiger partial charge in [0.1, 0.15) is 4.75 Å². The van der Waals surface area contributed by atoms with Crippen molar-refractivity contribution in [1.82, 2.24) is 0 Å². The second kappa shape index (κ2) is 5.38. The van der Waals surface area contributed by atoms with Gasteiger partial charge in [-0.25, -0.2) is 8.42 Å². The molecule has 0 radical (unpaired) electrons. The Morgan fingerprint density at radius 2 is 1.81 bits per heavy atom. The van der Waals surface area contributed by atoms with Crippen LogP contribution in [0.1, 0.15) is 31.7 Å². The van der Waals surface area contributed by atoms with Crippen LogP contribution in [0, 0.1) is 0 Å². The van der Waals surface area contributed by atoms with Crippen LogP contribution in [0.3, 0.4) is 0 Å². The summed E-state index contributed by atoms with van der Waals surface area (Å²) in [6.45, 7) is 3.37. The lowest BCUT2D eigenvalue weighted by Gasteiger charge is -2.42. The van der Waals surface area contributed by atoms with E-state index < -0.39 is 19.3 Å². The zero-order chi connectivity index (χ0) is 15.0. The lowest BCUT2D eigenvalue weighted by atomic mass is 10.0. The van der Waals surface area contributed by atoms with Crippen molar-refractivity contribution in [3.05, 3.63) is 35.9 Å². The molecule has 0 amide bonds. The zero-order valence-corrected chi connectivity index (χ0v) is 13.2. The summed E-state index contributed by atoms with van der Waals surface area (Å²) in [6, 6.07) is 9.85. The van der Waals surface area contributed by atoms with Gasteiger partial charge in [-0.15, -0.1) is 0 Å². The minimum Gasteiger partial charge on any atom is -0.378 e. The molecule has 1 saturated heterocycles. The van der Waals surface area contributed by atoms with Gasteiger partial charge < -0.3 is 9.47 Å². The minimum absolute atomic E-state index is 0.298. The lowest BCUT2D eigenvalue weighted by molar-refractivity contribution is -0.0164. The quantitative estimate of drug-likeness (QED) is 0.775. The van der Waals surface area contributed by atoms with Crippen LogP contribution in [0.2, 0.25) is 0 Å². The molecule has 0 atom stereocenters. The van der Waals surface area contributed by atoms with Crippen LogP contribution in [-0.4, -0.2) is 37.7 Å². The predicted octanol–water partition coefficient (Wildman–Crippen LogP) is 2.33. The van der Waals surface area contributed by atoms with Gasteiger partial charge in [0.15, 0.2) is 9.84 Å². The molecule has 1 aromatic rings. The van der Waals surface area contributed by atoms with E-state index in [1.54, 1.807) is 0 Å². The maximum Gasteiger partial charge on any atom is 0.168 e. The first kappa shape index (κ1) is 15.0. The predicted molar refractivity (Wildman–Crippen MR) is 80.8 cm³/mol. The molecule has 1 saturated carbocycles. The highest BCUT2D eigenvalue weighted by atomic mass is 32.2. The molecular formula is C16H22O4S. The zero-order valence-electron chi connectivity index (χ0n) is 12.4. The monoisotopic (exact) mass is 310 g/mol. The second-order valence-electron chi connectivity index (χ2n) is 6.19. The average molecular weight is 310 g/mol. The van der Waals surface area contributed by atoms with E-state index in [0.29, 0.717) is 45.7 Å². The normalized spacial score (nSPS) is 22.5. The molecule has 116 valence electrons. The van der Waals surface area contributed by atoms with Gasteiger partial charge in [0, 0.05) is 0 Å². The topological polar surface area (TPSA) is 52.6 Å². The number of ether oxygens (including phenoxy) is 2. The molecule has 1 aliphatic heterocycles. The molecule has 2 aliphatic rings. The van der Waals surface area contributed by atoms with Gasteiger partial charge in [-0.1, -0.05) is 37.3 Å². The Bertz CT molecular complexity index is 580. The molecule has 4 nitrogen and oxygen atoms in total. The number of benzene rings is 1. The highest BCUT2D eigenvalue weighted by molar-refractivity contribution is 7.94. The SMILES string of the molecule is CCC1(S(=O)(=O)C2(COCc3ccccc3)CC2)COC1. The van der Waals surface area contributed by atoms with Gasteiger partial charge in [0.25, 0.3) is 0 Å². The van der Waals surface area contributed by atoms with E-state index in [1.165, 1.54) is 0 Å². The molecule has 0 spiro atoms. The van der Waals surface area contributed by atoms with Crippen LogP contribution >= 0.6 is 0 Å². The Balaban J connectivity index is 1.65. The molecule has 0 bridgehead atoms. The van der Waals surface area contributed by atoms with E-state index in [-0.39, 0.29) is 0 Å². The average Bonchev–Trinajstić information content (AvgIpc) is 3.20. The Morgan fingerprint density at radius 3 is 2.29 bits per heavy atom. The summed E-state index contributed by atoms with van der Waals surface area (Å²) in [5.41, 5.74) is 1.07. The second-order valence-corrected chi connectivity index (χ2v) is 8.93. The summed E-state index contributed by atoms with van der Waals surface area (Å²) in [4.78, 5) is 0. The van der Waals surface area contributed by atoms with Gasteiger partial charge in [-0.3, -0.25) is 0 Å². The van der Waals surface area contributed by atoms with E-state index in [2.05, 4.69) is 0 Å². The van der Waals surface area contributed by atoms with Gasteiger partial charge in [-0.05, 0) is 24.8 Å². The van der Waals surface area contributed by atoms with Crippen molar-refractivity contribution in [3.63, 3.8) is 0 Å². The largest absolute Gasteiger partial charge is 0.378 e. The lowest BCUT2D eigenvalue weighted by Crippen LogP contribution is -2.59. The van der Waals surface area contributed by atoms with Crippen molar-refractivity contribution >= 4 is 9.84 Å². The standard InChI is InChI=1S/C16H22O4S/c1-2-15(11-20-12-15)21(17,18)16(8-9-16)13-19-10-14-6-4-3-5-7-14/h3-7H,2,8-13H2,1H3. The third-order valence-corrected chi connectivity index (χ3v) is 8.13. The molecule has 5 heteroatoms. The van der Waals surface area contributed by atoms with Crippen LogP contribution in [0.5, 0.6) is 0 Å². The molecule has 0 unspecified atom stereocenters. The van der Waals surface area contributed by atoms with Crippen molar-refractivity contribution in [2.24, 2.45) is 0 Å². The summed E-state index contributed by atoms with van der Waals surface area (Å²) in [5.74, 6) is 0. The first-order valence-electron chi connectivity index (χ1n) is 7.49. The fourth-order valence-corrected chi connectivity index (χ4v) is 5.55. The third kappa shape index (κ3) is 2.41. The number of hydrogen-bond donors (Lipinski definition) is 0. The van der Waals surface area contributed by atoms with E-state index in [0.717, 1.165) is 5.56 Å². The highest BCUT2D eigenvalue weighted by Crippen LogP contribution is 2.51. The van der Waals surface area contributed by atoms with Crippen molar-refractivity contribution in [3.8, 4) is 0 Å². The minimum atomic E-state index is -3.21. The van der Waals surface area contributed by atoms with Gasteiger partial charge >= 0.3 is 0 Å². The summed E-state index contributed by atoms with van der Waals surface area (Å²) in [5, 5.41) is 0. The fraction of sp³-hybridized carbons (Fsp3) is 0.625. The maximum absolute atomic E-state index is 12.9. The van der Waals surface area contributed by atoms with Crippen LogP contribution in [0.25, 0.3) is 0 Å². The van der Waals surface area contributed by atoms with Crippen LogP contribution in [0.15, 0.2) is 30.3 Å². The van der Waals surface area contributed by atoms with Gasteiger partial charge in [-0.2, -0.15) is 0 Å². The van der Waals surface area contributed by atoms with Crippen molar-refractivity contribution < 1.29 is 17.9 Å². The molecule has 0 N–H and O–H groups in total. The highest BCUT2D eigenvalue weighted by Gasteiger charge is 2.64. The molecule has 2 fully saturated rings. The fourth-order valence-electron chi connectivity index (χ4n) is 2.90. The molecule has 3 rings (SSSR count). The Morgan fingerprint density at radius 1 is 1.14 bits per heavy atom. The molecule has 1 heterocycles. The van der Waals surface area contributed by atoms with Gasteiger partial charge in [0.05, 0.1) is 31.2 Å².